The molecule has 1 aromatic heterocycles. The van der Waals surface area contributed by atoms with Crippen LogP contribution in [-0.4, -0.2) is 18.7 Å². The first-order valence-electron chi connectivity index (χ1n) is 9.83. The number of hydrogen-bond acceptors (Lipinski definition) is 6. The van der Waals surface area contributed by atoms with Crippen LogP contribution < -0.4 is 14.9 Å². The molecule has 0 saturated carbocycles. The Labute approximate surface area is 181 Å². The Bertz CT molecular complexity index is 1180. The molecule has 3 rings (SSSR count). The molecule has 0 amide bonds. The summed E-state index contributed by atoms with van der Waals surface area (Å²) in [6.07, 6.45) is -4.65. The third-order valence-electron chi connectivity index (χ3n) is 4.55. The van der Waals surface area contributed by atoms with Gasteiger partial charge in [0.2, 0.25) is 11.2 Å². The van der Waals surface area contributed by atoms with Gasteiger partial charge in [-0.3, -0.25) is 4.79 Å². The Kier molecular flexibility index (Phi) is 6.76. The number of halogens is 3. The van der Waals surface area contributed by atoms with Crippen LogP contribution in [0.15, 0.2) is 51.7 Å². The van der Waals surface area contributed by atoms with E-state index in [1.807, 2.05) is 6.92 Å². The minimum absolute atomic E-state index is 0.0437. The number of aryl methyl sites for hydroxylation is 1. The van der Waals surface area contributed by atoms with E-state index >= 15 is 0 Å². The van der Waals surface area contributed by atoms with Crippen LogP contribution in [0.1, 0.15) is 31.6 Å². The largest absolute Gasteiger partial charge is 0.482 e. The fourth-order valence-corrected chi connectivity index (χ4v) is 2.81. The van der Waals surface area contributed by atoms with Gasteiger partial charge in [0.15, 0.2) is 6.61 Å². The molecule has 0 fully saturated rings. The van der Waals surface area contributed by atoms with Crippen LogP contribution in [0, 0.1) is 6.92 Å². The van der Waals surface area contributed by atoms with Gasteiger partial charge in [-0.15, -0.1) is 0 Å². The Balaban J connectivity index is 1.96. The first-order chi connectivity index (χ1) is 15.1. The van der Waals surface area contributed by atoms with E-state index in [4.69, 9.17) is 18.6 Å². The number of benzene rings is 2. The summed E-state index contributed by atoms with van der Waals surface area (Å²) in [4.78, 5) is 24.6. The SMILES string of the molecule is CCC(C)OC(=O)COc1ccc2c(=O)c(Oc3cccc(C)c3)c(C(F)(F)F)oc2c1. The quantitative estimate of drug-likeness (QED) is 0.434. The highest BCUT2D eigenvalue weighted by Crippen LogP contribution is 2.38. The van der Waals surface area contributed by atoms with Gasteiger partial charge in [0.25, 0.3) is 5.76 Å². The van der Waals surface area contributed by atoms with Crippen LogP contribution in [0.25, 0.3) is 11.0 Å². The number of alkyl halides is 3. The molecule has 1 atom stereocenters. The first-order valence-corrected chi connectivity index (χ1v) is 9.83. The highest BCUT2D eigenvalue weighted by Gasteiger charge is 2.40. The number of rotatable bonds is 7. The van der Waals surface area contributed by atoms with Crippen molar-refractivity contribution in [2.45, 2.75) is 39.5 Å². The molecule has 0 radical (unpaired) electrons. The lowest BCUT2D eigenvalue weighted by molar-refractivity contribution is -0.154. The zero-order valence-electron chi connectivity index (χ0n) is 17.6. The highest BCUT2D eigenvalue weighted by atomic mass is 19.4. The lowest BCUT2D eigenvalue weighted by Gasteiger charge is -2.14. The molecule has 6 nitrogen and oxygen atoms in total. The molecule has 2 aromatic carbocycles. The molecule has 1 unspecified atom stereocenters. The van der Waals surface area contributed by atoms with Crippen molar-refractivity contribution in [3.8, 4) is 17.2 Å². The third kappa shape index (κ3) is 5.40. The maximum atomic E-state index is 13.6. The summed E-state index contributed by atoms with van der Waals surface area (Å²) in [7, 11) is 0. The average Bonchev–Trinajstić information content (AvgIpc) is 2.73. The van der Waals surface area contributed by atoms with Gasteiger partial charge in [0.05, 0.1) is 11.5 Å². The van der Waals surface area contributed by atoms with E-state index in [0.717, 1.165) is 11.6 Å². The molecule has 0 aliphatic heterocycles. The fraction of sp³-hybridized carbons (Fsp3) is 0.304. The minimum atomic E-state index is -4.98. The summed E-state index contributed by atoms with van der Waals surface area (Å²) in [5.41, 5.74) is -0.593. The maximum absolute atomic E-state index is 13.6. The van der Waals surface area contributed by atoms with Crippen molar-refractivity contribution in [1.82, 2.24) is 0 Å². The van der Waals surface area contributed by atoms with Gasteiger partial charge in [-0.05, 0) is 50.1 Å². The van der Waals surface area contributed by atoms with Gasteiger partial charge in [0.1, 0.15) is 17.1 Å². The fourth-order valence-electron chi connectivity index (χ4n) is 2.81. The van der Waals surface area contributed by atoms with Crippen LogP contribution in [0.3, 0.4) is 0 Å². The summed E-state index contributed by atoms with van der Waals surface area (Å²) in [6, 6.07) is 9.97. The molecule has 0 saturated heterocycles. The number of ether oxygens (including phenoxy) is 3. The van der Waals surface area contributed by atoms with Crippen LogP contribution in [-0.2, 0) is 15.7 Å². The molecular weight excluding hydrogens is 429 g/mol. The van der Waals surface area contributed by atoms with E-state index in [0.29, 0.717) is 6.42 Å². The summed E-state index contributed by atoms with van der Waals surface area (Å²) in [6.45, 7) is 4.86. The van der Waals surface area contributed by atoms with Crippen LogP contribution in [0.2, 0.25) is 0 Å². The molecule has 0 bridgehead atoms. The van der Waals surface area contributed by atoms with Gasteiger partial charge in [0, 0.05) is 6.07 Å². The lowest BCUT2D eigenvalue weighted by Crippen LogP contribution is -2.20. The molecule has 0 spiro atoms. The lowest BCUT2D eigenvalue weighted by atomic mass is 10.2. The zero-order chi connectivity index (χ0) is 23.5. The predicted octanol–water partition coefficient (Wildman–Crippen LogP) is 5.63. The standard InChI is InChI=1S/C23H21F3O6/c1-4-14(3)30-19(27)12-29-15-8-9-17-18(11-15)32-22(23(24,25)26)21(20(17)28)31-16-7-5-6-13(2)10-16/h5-11,14H,4,12H2,1-3H3. The Morgan fingerprint density at radius 3 is 2.53 bits per heavy atom. The maximum Gasteiger partial charge on any atom is 0.453 e. The van der Waals surface area contributed by atoms with E-state index < -0.39 is 35.7 Å². The van der Waals surface area contributed by atoms with Crippen LogP contribution >= 0.6 is 0 Å². The topological polar surface area (TPSA) is 75.0 Å². The summed E-state index contributed by atoms with van der Waals surface area (Å²) >= 11 is 0. The van der Waals surface area contributed by atoms with E-state index in [9.17, 15) is 22.8 Å². The van der Waals surface area contributed by atoms with Crippen molar-refractivity contribution in [3.05, 3.63) is 64.0 Å². The summed E-state index contributed by atoms with van der Waals surface area (Å²) < 4.78 is 61.6. The van der Waals surface area contributed by atoms with E-state index in [-0.39, 0.29) is 28.6 Å². The predicted molar refractivity (Wildman–Crippen MR) is 110 cm³/mol. The second-order valence-corrected chi connectivity index (χ2v) is 7.16. The van der Waals surface area contributed by atoms with Crippen molar-refractivity contribution in [2.75, 3.05) is 6.61 Å². The van der Waals surface area contributed by atoms with E-state index in [1.165, 1.54) is 24.3 Å². The van der Waals surface area contributed by atoms with Crippen molar-refractivity contribution in [3.63, 3.8) is 0 Å². The number of carbonyl (C=O) groups is 1. The van der Waals surface area contributed by atoms with E-state index in [1.54, 1.807) is 26.0 Å². The number of carbonyl (C=O) groups excluding carboxylic acids is 1. The number of hydrogen-bond donors (Lipinski definition) is 0. The molecule has 1 heterocycles. The van der Waals surface area contributed by atoms with Gasteiger partial charge in [-0.25, -0.2) is 4.79 Å². The Hall–Kier alpha value is -3.49. The average molecular weight is 450 g/mol. The summed E-state index contributed by atoms with van der Waals surface area (Å²) in [5, 5.41) is -0.129. The van der Waals surface area contributed by atoms with E-state index in [2.05, 4.69) is 0 Å². The van der Waals surface area contributed by atoms with Crippen molar-refractivity contribution in [2.24, 2.45) is 0 Å². The first kappa shape index (κ1) is 23.2. The zero-order valence-corrected chi connectivity index (χ0v) is 17.6. The van der Waals surface area contributed by atoms with Gasteiger partial charge in [-0.1, -0.05) is 19.1 Å². The number of fused-ring (bicyclic) bond motifs is 1. The smallest absolute Gasteiger partial charge is 0.453 e. The second-order valence-electron chi connectivity index (χ2n) is 7.16. The van der Waals surface area contributed by atoms with Crippen LogP contribution in [0.4, 0.5) is 13.2 Å². The van der Waals surface area contributed by atoms with Gasteiger partial charge < -0.3 is 18.6 Å². The minimum Gasteiger partial charge on any atom is -0.482 e. The van der Waals surface area contributed by atoms with Crippen molar-refractivity contribution < 1.29 is 36.6 Å². The molecule has 0 N–H and O–H groups in total. The van der Waals surface area contributed by atoms with Crippen LogP contribution in [0.5, 0.6) is 17.2 Å². The Morgan fingerprint density at radius 2 is 1.88 bits per heavy atom. The third-order valence-corrected chi connectivity index (χ3v) is 4.55. The van der Waals surface area contributed by atoms with Gasteiger partial charge >= 0.3 is 12.1 Å². The highest BCUT2D eigenvalue weighted by molar-refractivity contribution is 5.80. The normalized spacial score (nSPS) is 12.4. The van der Waals surface area contributed by atoms with Crippen molar-refractivity contribution in [1.29, 1.82) is 0 Å². The molecule has 170 valence electrons. The molecular formula is C23H21F3O6. The molecule has 0 aliphatic carbocycles. The number of esters is 1. The molecule has 32 heavy (non-hydrogen) atoms. The Morgan fingerprint density at radius 1 is 1.12 bits per heavy atom. The monoisotopic (exact) mass is 450 g/mol. The van der Waals surface area contributed by atoms with Crippen molar-refractivity contribution >= 4 is 16.9 Å². The van der Waals surface area contributed by atoms with Gasteiger partial charge in [-0.2, -0.15) is 13.2 Å². The second kappa shape index (κ2) is 9.33. The molecule has 3 aromatic rings. The summed E-state index contributed by atoms with van der Waals surface area (Å²) in [5.74, 6) is -3.03. The molecule has 9 heteroatoms. The molecule has 0 aliphatic rings.